The summed E-state index contributed by atoms with van der Waals surface area (Å²) in [7, 11) is -0.162. The van der Waals surface area contributed by atoms with Crippen LogP contribution in [0.4, 0.5) is 16.5 Å². The smallest absolute Gasteiger partial charge is 0.230 e. The van der Waals surface area contributed by atoms with Crippen LogP contribution in [0.5, 0.6) is 11.5 Å². The molecule has 0 spiro atoms. The van der Waals surface area contributed by atoms with Gasteiger partial charge in [0.15, 0.2) is 15.0 Å². The molecule has 1 heterocycles. The number of anilines is 3. The standard InChI is InChI=1S/C20H21N3O5S2/c1-27-15-6-9-17(18(11-15)28-2)23-19(24)10-14-12-29-20(22-14)21-13-4-7-16(8-5-13)30(3,25)26/h4-9,11-12H,10H2,1-3H3,(H,21,22)(H,23,24). The molecular weight excluding hydrogens is 426 g/mol. The van der Waals surface area contributed by atoms with Crippen molar-refractivity contribution in [1.82, 2.24) is 4.98 Å². The number of carbonyl (C=O) groups is 1. The van der Waals surface area contributed by atoms with Crippen molar-refractivity contribution in [1.29, 1.82) is 0 Å². The van der Waals surface area contributed by atoms with Crippen LogP contribution in [0.25, 0.3) is 0 Å². The van der Waals surface area contributed by atoms with Crippen LogP contribution < -0.4 is 20.1 Å². The van der Waals surface area contributed by atoms with Crippen LogP contribution in [0, 0.1) is 0 Å². The first-order chi connectivity index (χ1) is 14.3. The van der Waals surface area contributed by atoms with Crippen molar-refractivity contribution in [2.24, 2.45) is 0 Å². The molecule has 0 aliphatic rings. The van der Waals surface area contributed by atoms with Gasteiger partial charge < -0.3 is 20.1 Å². The lowest BCUT2D eigenvalue weighted by molar-refractivity contribution is -0.115. The highest BCUT2D eigenvalue weighted by atomic mass is 32.2. The van der Waals surface area contributed by atoms with Crippen LogP contribution in [0.3, 0.4) is 0 Å². The van der Waals surface area contributed by atoms with E-state index in [4.69, 9.17) is 9.47 Å². The maximum absolute atomic E-state index is 12.4. The summed E-state index contributed by atoms with van der Waals surface area (Å²) in [5.41, 5.74) is 1.86. The second kappa shape index (κ2) is 9.14. The van der Waals surface area contributed by atoms with Gasteiger partial charge in [-0.25, -0.2) is 13.4 Å². The molecule has 8 nitrogen and oxygen atoms in total. The number of nitrogens with one attached hydrogen (secondary N) is 2. The second-order valence-corrected chi connectivity index (χ2v) is 9.23. The number of nitrogens with zero attached hydrogens (tertiary/aromatic N) is 1. The quantitative estimate of drug-likeness (QED) is 0.544. The third-order valence-electron chi connectivity index (χ3n) is 4.11. The average Bonchev–Trinajstić information content (AvgIpc) is 3.14. The minimum absolute atomic E-state index is 0.0976. The maximum Gasteiger partial charge on any atom is 0.230 e. The number of benzene rings is 2. The second-order valence-electron chi connectivity index (χ2n) is 6.36. The summed E-state index contributed by atoms with van der Waals surface area (Å²) in [5.74, 6) is 0.901. The molecule has 30 heavy (non-hydrogen) atoms. The van der Waals surface area contributed by atoms with Crippen LogP contribution in [-0.2, 0) is 21.1 Å². The molecule has 0 saturated heterocycles. The van der Waals surface area contributed by atoms with E-state index in [2.05, 4.69) is 15.6 Å². The SMILES string of the molecule is COc1ccc(NC(=O)Cc2csc(Nc3ccc(S(C)(=O)=O)cc3)n2)c(OC)c1. The Morgan fingerprint density at radius 2 is 1.83 bits per heavy atom. The molecule has 10 heteroatoms. The van der Waals surface area contributed by atoms with E-state index in [1.54, 1.807) is 42.8 Å². The number of methoxy groups -OCH3 is 2. The van der Waals surface area contributed by atoms with E-state index in [1.807, 2.05) is 0 Å². The van der Waals surface area contributed by atoms with Gasteiger partial charge in [0.1, 0.15) is 11.5 Å². The summed E-state index contributed by atoms with van der Waals surface area (Å²) in [6, 6.07) is 11.5. The van der Waals surface area contributed by atoms with Crippen LogP contribution in [0.2, 0.25) is 0 Å². The lowest BCUT2D eigenvalue weighted by atomic mass is 10.2. The van der Waals surface area contributed by atoms with Gasteiger partial charge in [0, 0.05) is 23.4 Å². The number of carbonyl (C=O) groups excluding carboxylic acids is 1. The first-order valence-electron chi connectivity index (χ1n) is 8.82. The van der Waals surface area contributed by atoms with Gasteiger partial charge >= 0.3 is 0 Å². The van der Waals surface area contributed by atoms with E-state index in [1.165, 1.54) is 30.6 Å². The maximum atomic E-state index is 12.4. The molecule has 0 aliphatic heterocycles. The lowest BCUT2D eigenvalue weighted by Crippen LogP contribution is -2.15. The molecule has 0 fully saturated rings. The largest absolute Gasteiger partial charge is 0.497 e. The van der Waals surface area contributed by atoms with Gasteiger partial charge in [0.2, 0.25) is 5.91 Å². The zero-order valence-electron chi connectivity index (χ0n) is 16.6. The van der Waals surface area contributed by atoms with Crippen LogP contribution in [-0.4, -0.2) is 39.8 Å². The first-order valence-corrected chi connectivity index (χ1v) is 11.6. The van der Waals surface area contributed by atoms with Gasteiger partial charge in [-0.2, -0.15) is 0 Å². The molecule has 3 aromatic rings. The van der Waals surface area contributed by atoms with Crippen LogP contribution >= 0.6 is 11.3 Å². The molecule has 158 valence electrons. The minimum Gasteiger partial charge on any atom is -0.497 e. The third-order valence-corrected chi connectivity index (χ3v) is 6.04. The van der Waals surface area contributed by atoms with E-state index in [9.17, 15) is 13.2 Å². The fourth-order valence-corrected chi connectivity index (χ4v) is 3.98. The van der Waals surface area contributed by atoms with Crippen LogP contribution in [0.1, 0.15) is 5.69 Å². The molecule has 0 radical (unpaired) electrons. The van der Waals surface area contributed by atoms with Crippen molar-refractivity contribution in [3.05, 3.63) is 53.5 Å². The van der Waals surface area contributed by atoms with E-state index < -0.39 is 9.84 Å². The van der Waals surface area contributed by atoms with E-state index >= 15 is 0 Å². The lowest BCUT2D eigenvalue weighted by Gasteiger charge is -2.11. The Kier molecular flexibility index (Phi) is 6.58. The fourth-order valence-electron chi connectivity index (χ4n) is 2.62. The van der Waals surface area contributed by atoms with Crippen molar-refractivity contribution in [3.63, 3.8) is 0 Å². The normalized spacial score (nSPS) is 11.0. The summed E-state index contributed by atoms with van der Waals surface area (Å²) in [6.45, 7) is 0. The molecule has 0 unspecified atom stereocenters. The Balaban J connectivity index is 1.62. The zero-order chi connectivity index (χ0) is 21.7. The number of amides is 1. The van der Waals surface area contributed by atoms with Gasteiger partial charge in [-0.1, -0.05) is 0 Å². The van der Waals surface area contributed by atoms with Gasteiger partial charge in [-0.05, 0) is 36.4 Å². The monoisotopic (exact) mass is 447 g/mol. The van der Waals surface area contributed by atoms with Gasteiger partial charge in [-0.15, -0.1) is 11.3 Å². The predicted molar refractivity (Wildman–Crippen MR) is 117 cm³/mol. The predicted octanol–water partition coefficient (Wildman–Crippen LogP) is 3.49. The molecule has 0 saturated carbocycles. The number of thiazole rings is 1. The van der Waals surface area contributed by atoms with E-state index in [-0.39, 0.29) is 17.2 Å². The molecule has 0 bridgehead atoms. The zero-order valence-corrected chi connectivity index (χ0v) is 18.3. The average molecular weight is 448 g/mol. The van der Waals surface area contributed by atoms with E-state index in [0.29, 0.717) is 33.7 Å². The highest BCUT2D eigenvalue weighted by molar-refractivity contribution is 7.90. The van der Waals surface area contributed by atoms with Gasteiger partial charge in [-0.3, -0.25) is 4.79 Å². The Morgan fingerprint density at radius 1 is 1.10 bits per heavy atom. The van der Waals surface area contributed by atoms with Crippen molar-refractivity contribution in [2.45, 2.75) is 11.3 Å². The summed E-state index contributed by atoms with van der Waals surface area (Å²) in [4.78, 5) is 17.0. The number of hydrogen-bond acceptors (Lipinski definition) is 8. The van der Waals surface area contributed by atoms with Crippen molar-refractivity contribution < 1.29 is 22.7 Å². The Bertz CT molecular complexity index is 1140. The Morgan fingerprint density at radius 3 is 2.47 bits per heavy atom. The molecule has 3 rings (SSSR count). The topological polar surface area (TPSA) is 107 Å². The molecule has 0 aliphatic carbocycles. The van der Waals surface area contributed by atoms with Crippen molar-refractivity contribution in [3.8, 4) is 11.5 Å². The van der Waals surface area contributed by atoms with Gasteiger partial charge in [0.05, 0.1) is 36.9 Å². The van der Waals surface area contributed by atoms with Crippen LogP contribution in [0.15, 0.2) is 52.7 Å². The van der Waals surface area contributed by atoms with Crippen molar-refractivity contribution in [2.75, 3.05) is 31.1 Å². The highest BCUT2D eigenvalue weighted by Crippen LogP contribution is 2.29. The number of rotatable bonds is 8. The Hall–Kier alpha value is -3.11. The number of sulfone groups is 1. The first kappa shape index (κ1) is 21.6. The van der Waals surface area contributed by atoms with Gasteiger partial charge in [0.25, 0.3) is 0 Å². The molecule has 2 N–H and O–H groups in total. The molecule has 1 aromatic heterocycles. The summed E-state index contributed by atoms with van der Waals surface area (Å²) in [6.07, 6.45) is 1.26. The molecule has 2 aromatic carbocycles. The fraction of sp³-hybridized carbons (Fsp3) is 0.200. The minimum atomic E-state index is -3.24. The number of ether oxygens (including phenoxy) is 2. The number of aromatic nitrogens is 1. The Labute approximate surface area is 178 Å². The third kappa shape index (κ3) is 5.49. The molecule has 0 atom stereocenters. The molecular formula is C20H21N3O5S2. The number of hydrogen-bond donors (Lipinski definition) is 2. The molecule has 1 amide bonds. The highest BCUT2D eigenvalue weighted by Gasteiger charge is 2.12. The summed E-state index contributed by atoms with van der Waals surface area (Å²) >= 11 is 1.35. The van der Waals surface area contributed by atoms with Crippen molar-refractivity contribution >= 4 is 43.6 Å². The summed E-state index contributed by atoms with van der Waals surface area (Å²) < 4.78 is 33.5. The van der Waals surface area contributed by atoms with E-state index in [0.717, 1.165) is 6.26 Å². The summed E-state index contributed by atoms with van der Waals surface area (Å²) in [5, 5.41) is 8.31.